The maximum atomic E-state index is 10.9. The van der Waals surface area contributed by atoms with Gasteiger partial charge in [0.05, 0.1) is 19.5 Å². The summed E-state index contributed by atoms with van der Waals surface area (Å²) in [4.78, 5) is 2.40. The third-order valence-corrected chi connectivity index (χ3v) is 5.16. The molecule has 1 fully saturated rings. The van der Waals surface area contributed by atoms with E-state index in [1.165, 1.54) is 11.3 Å². The molecule has 0 saturated carbocycles. The molecule has 2 aromatic carbocycles. The van der Waals surface area contributed by atoms with Gasteiger partial charge in [-0.05, 0) is 47.7 Å². The summed E-state index contributed by atoms with van der Waals surface area (Å²) in [6, 6.07) is 16.2. The first-order chi connectivity index (χ1) is 13.3. The topological polar surface area (TPSA) is 58.6 Å². The summed E-state index contributed by atoms with van der Waals surface area (Å²) in [6.45, 7) is 10.2. The van der Waals surface area contributed by atoms with E-state index in [0.717, 1.165) is 44.5 Å². The van der Waals surface area contributed by atoms with Gasteiger partial charge in [0.15, 0.2) is 0 Å². The highest BCUT2D eigenvalue weighted by Gasteiger charge is 2.11. The molecule has 0 bridgehead atoms. The van der Waals surface area contributed by atoms with E-state index in [-0.39, 0.29) is 1.43 Å². The number of morpholine rings is 1. The molecule has 0 amide bonds. The van der Waals surface area contributed by atoms with Crippen LogP contribution in [0.25, 0.3) is 0 Å². The quantitative estimate of drug-likeness (QED) is 0.793. The second-order valence-corrected chi connectivity index (χ2v) is 9.03. The smallest absolute Gasteiger partial charge is 0.229 e. The summed E-state index contributed by atoms with van der Waals surface area (Å²) >= 11 is 0. The van der Waals surface area contributed by atoms with Gasteiger partial charge in [-0.25, -0.2) is 8.42 Å². The standard InChI is InChI=1S/C13H19NO.C9H13NO2S.H2/c1-11(2)12-4-3-5-13(10-12)14-6-8-15-9-7-14;1-3-8-5-4-6-9(7-8)10-13(2,11)12;/h3-5,10-11H,6-9H2,1-2H3;4-7,10H,3H2,1-2H3;1H. The number of hydrogen-bond donors (Lipinski definition) is 1. The summed E-state index contributed by atoms with van der Waals surface area (Å²) in [5.74, 6) is 0.603. The molecule has 1 saturated heterocycles. The fourth-order valence-electron chi connectivity index (χ4n) is 2.97. The Morgan fingerprint density at radius 3 is 2.39 bits per heavy atom. The Bertz CT molecular complexity index is 851. The van der Waals surface area contributed by atoms with E-state index in [1.807, 2.05) is 25.1 Å². The number of ether oxygens (including phenoxy) is 1. The molecule has 1 N–H and O–H groups in total. The first-order valence-corrected chi connectivity index (χ1v) is 11.7. The summed E-state index contributed by atoms with van der Waals surface area (Å²) in [5, 5.41) is 0. The van der Waals surface area contributed by atoms with E-state index in [0.29, 0.717) is 11.6 Å². The number of nitrogens with zero attached hydrogens (tertiary/aromatic N) is 1. The SMILES string of the molecule is CC(C)c1cccc(N2CCOCC2)c1.CCc1cccc(NS(C)(=O)=O)c1.[HH]. The number of rotatable bonds is 5. The Hall–Kier alpha value is -2.05. The summed E-state index contributed by atoms with van der Waals surface area (Å²) in [6.07, 6.45) is 2.05. The van der Waals surface area contributed by atoms with E-state index in [2.05, 4.69) is 47.7 Å². The van der Waals surface area contributed by atoms with Crippen LogP contribution in [0.4, 0.5) is 11.4 Å². The van der Waals surface area contributed by atoms with Crippen LogP contribution in [0.1, 0.15) is 39.2 Å². The van der Waals surface area contributed by atoms with Crippen LogP contribution < -0.4 is 9.62 Å². The van der Waals surface area contributed by atoms with Crippen molar-refractivity contribution in [1.82, 2.24) is 0 Å². The lowest BCUT2D eigenvalue weighted by atomic mass is 10.0. The number of sulfonamides is 1. The van der Waals surface area contributed by atoms with Crippen molar-refractivity contribution < 1.29 is 14.6 Å². The van der Waals surface area contributed by atoms with Gasteiger partial charge in [-0.2, -0.15) is 0 Å². The lowest BCUT2D eigenvalue weighted by Crippen LogP contribution is -2.36. The normalized spacial score (nSPS) is 14.4. The van der Waals surface area contributed by atoms with Gasteiger partial charge in [-0.3, -0.25) is 4.72 Å². The van der Waals surface area contributed by atoms with Gasteiger partial charge in [0.25, 0.3) is 0 Å². The van der Waals surface area contributed by atoms with Crippen molar-refractivity contribution in [2.24, 2.45) is 0 Å². The summed E-state index contributed by atoms with van der Waals surface area (Å²) in [7, 11) is -3.15. The Labute approximate surface area is 171 Å². The molecule has 156 valence electrons. The Kier molecular flexibility index (Phi) is 8.33. The summed E-state index contributed by atoms with van der Waals surface area (Å²) in [5.41, 5.74) is 4.50. The first kappa shape index (κ1) is 22.2. The largest absolute Gasteiger partial charge is 0.378 e. The van der Waals surface area contributed by atoms with Crippen molar-refractivity contribution in [3.05, 3.63) is 59.7 Å². The molecule has 2 aromatic rings. The predicted molar refractivity (Wildman–Crippen MR) is 120 cm³/mol. The highest BCUT2D eigenvalue weighted by atomic mass is 32.2. The van der Waals surface area contributed by atoms with Crippen LogP contribution in [-0.4, -0.2) is 41.0 Å². The molecule has 0 aromatic heterocycles. The molecular weight excluding hydrogens is 372 g/mol. The fraction of sp³-hybridized carbons (Fsp3) is 0.455. The zero-order valence-corrected chi connectivity index (χ0v) is 18.1. The van der Waals surface area contributed by atoms with Crippen molar-refractivity contribution in [2.75, 3.05) is 42.2 Å². The molecular formula is C22H34N2O3S. The number of nitrogens with one attached hydrogen (secondary N) is 1. The van der Waals surface area contributed by atoms with Gasteiger partial charge in [0, 0.05) is 25.9 Å². The minimum absolute atomic E-state index is 0. The molecule has 3 rings (SSSR count). The molecule has 1 aliphatic rings. The molecule has 0 atom stereocenters. The second-order valence-electron chi connectivity index (χ2n) is 7.28. The molecule has 28 heavy (non-hydrogen) atoms. The Morgan fingerprint density at radius 2 is 1.79 bits per heavy atom. The third-order valence-electron chi connectivity index (χ3n) is 4.55. The van der Waals surface area contributed by atoms with Crippen LogP contribution in [0.2, 0.25) is 0 Å². The zero-order valence-electron chi connectivity index (χ0n) is 17.3. The van der Waals surface area contributed by atoms with Gasteiger partial charge in [0.1, 0.15) is 0 Å². The van der Waals surface area contributed by atoms with Crippen molar-refractivity contribution >= 4 is 21.4 Å². The maximum Gasteiger partial charge on any atom is 0.229 e. The van der Waals surface area contributed by atoms with Gasteiger partial charge >= 0.3 is 0 Å². The lowest BCUT2D eigenvalue weighted by Gasteiger charge is -2.29. The van der Waals surface area contributed by atoms with Gasteiger partial charge in [-0.15, -0.1) is 0 Å². The van der Waals surface area contributed by atoms with E-state index in [1.54, 1.807) is 6.07 Å². The molecule has 0 aliphatic carbocycles. The van der Waals surface area contributed by atoms with Crippen LogP contribution >= 0.6 is 0 Å². The van der Waals surface area contributed by atoms with Crippen LogP contribution in [0.5, 0.6) is 0 Å². The molecule has 0 radical (unpaired) electrons. The average molecular weight is 407 g/mol. The number of anilines is 2. The fourth-order valence-corrected chi connectivity index (χ4v) is 3.53. The van der Waals surface area contributed by atoms with Crippen LogP contribution in [-0.2, 0) is 21.2 Å². The van der Waals surface area contributed by atoms with E-state index < -0.39 is 10.0 Å². The molecule has 5 nitrogen and oxygen atoms in total. The van der Waals surface area contributed by atoms with Crippen LogP contribution in [0, 0.1) is 0 Å². The number of benzene rings is 2. The van der Waals surface area contributed by atoms with Crippen molar-refractivity contribution in [3.8, 4) is 0 Å². The van der Waals surface area contributed by atoms with Crippen molar-refractivity contribution in [1.29, 1.82) is 0 Å². The minimum atomic E-state index is -3.15. The minimum Gasteiger partial charge on any atom is -0.378 e. The maximum absolute atomic E-state index is 10.9. The third kappa shape index (κ3) is 7.52. The second kappa shape index (κ2) is 10.5. The molecule has 6 heteroatoms. The highest BCUT2D eigenvalue weighted by molar-refractivity contribution is 7.92. The number of aryl methyl sites for hydroxylation is 1. The summed E-state index contributed by atoms with van der Waals surface area (Å²) < 4.78 is 29.6. The zero-order chi connectivity index (χ0) is 20.6. The molecule has 1 aliphatic heterocycles. The Morgan fingerprint density at radius 1 is 1.11 bits per heavy atom. The molecule has 0 spiro atoms. The van der Waals surface area contributed by atoms with Crippen molar-refractivity contribution in [2.45, 2.75) is 33.1 Å². The van der Waals surface area contributed by atoms with Crippen LogP contribution in [0.15, 0.2) is 48.5 Å². The molecule has 1 heterocycles. The monoisotopic (exact) mass is 406 g/mol. The van der Waals surface area contributed by atoms with Crippen LogP contribution in [0.3, 0.4) is 0 Å². The van der Waals surface area contributed by atoms with E-state index >= 15 is 0 Å². The van der Waals surface area contributed by atoms with Crippen molar-refractivity contribution in [3.63, 3.8) is 0 Å². The molecule has 0 unspecified atom stereocenters. The lowest BCUT2D eigenvalue weighted by molar-refractivity contribution is 0.122. The average Bonchev–Trinajstić information content (AvgIpc) is 2.68. The Balaban J connectivity index is 0.000000284. The van der Waals surface area contributed by atoms with E-state index in [4.69, 9.17) is 4.74 Å². The van der Waals surface area contributed by atoms with E-state index in [9.17, 15) is 8.42 Å². The first-order valence-electron chi connectivity index (χ1n) is 9.78. The highest BCUT2D eigenvalue weighted by Crippen LogP contribution is 2.22. The number of hydrogen-bond acceptors (Lipinski definition) is 4. The van der Waals surface area contributed by atoms with Gasteiger partial charge in [0.2, 0.25) is 10.0 Å². The predicted octanol–water partition coefficient (Wildman–Crippen LogP) is 4.51. The van der Waals surface area contributed by atoms with Gasteiger partial charge < -0.3 is 9.64 Å². The van der Waals surface area contributed by atoms with Gasteiger partial charge in [-0.1, -0.05) is 45.0 Å².